The maximum atomic E-state index is 13.5. The highest BCUT2D eigenvalue weighted by molar-refractivity contribution is 7.21. The number of nitrogens with one attached hydrogen (secondary N) is 3. The van der Waals surface area contributed by atoms with Gasteiger partial charge in [0.2, 0.25) is 5.91 Å². The number of aryl methyl sites for hydroxylation is 1. The number of ether oxygens (including phenoxy) is 1. The van der Waals surface area contributed by atoms with Crippen LogP contribution in [0.25, 0.3) is 10.2 Å². The first-order chi connectivity index (χ1) is 19.9. The largest absolute Gasteiger partial charge is 0.457 e. The number of pyridine rings is 1. The molecule has 0 bridgehead atoms. The van der Waals surface area contributed by atoms with Crippen LogP contribution in [0.4, 0.5) is 21.9 Å². The molecule has 2 aromatic heterocycles. The Bertz CT molecular complexity index is 1640. The predicted molar refractivity (Wildman–Crippen MR) is 160 cm³/mol. The van der Waals surface area contributed by atoms with Crippen molar-refractivity contribution in [2.75, 3.05) is 16.8 Å². The second-order valence-corrected chi connectivity index (χ2v) is 11.5. The Morgan fingerprint density at radius 3 is 2.66 bits per heavy atom. The summed E-state index contributed by atoms with van der Waals surface area (Å²) in [6.07, 6.45) is 5.65. The van der Waals surface area contributed by atoms with Crippen molar-refractivity contribution >= 4 is 56.5 Å². The number of hydrogen-bond acceptors (Lipinski definition) is 6. The summed E-state index contributed by atoms with van der Waals surface area (Å²) in [6.45, 7) is 3.91. The first kappa shape index (κ1) is 26.8. The second kappa shape index (κ2) is 11.2. The van der Waals surface area contributed by atoms with Crippen molar-refractivity contribution in [2.24, 2.45) is 5.92 Å². The number of benzene rings is 2. The van der Waals surface area contributed by atoms with Crippen LogP contribution in [0.1, 0.15) is 47.8 Å². The van der Waals surface area contributed by atoms with Crippen molar-refractivity contribution in [1.29, 1.82) is 0 Å². The Morgan fingerprint density at radius 2 is 1.88 bits per heavy atom. The molecule has 4 aromatic rings. The van der Waals surface area contributed by atoms with Crippen LogP contribution < -0.4 is 25.6 Å². The van der Waals surface area contributed by atoms with Crippen molar-refractivity contribution in [1.82, 2.24) is 15.6 Å². The molecule has 2 atom stereocenters. The topological polar surface area (TPSA) is 113 Å². The molecule has 1 aliphatic heterocycles. The van der Waals surface area contributed by atoms with E-state index in [4.69, 9.17) is 4.74 Å². The van der Waals surface area contributed by atoms with Crippen LogP contribution in [0.15, 0.2) is 60.8 Å². The number of urea groups is 1. The molecule has 0 radical (unpaired) electrons. The smallest absolute Gasteiger partial charge is 0.331 e. The minimum Gasteiger partial charge on any atom is -0.457 e. The van der Waals surface area contributed by atoms with Crippen molar-refractivity contribution in [2.45, 2.75) is 45.6 Å². The lowest BCUT2D eigenvalue weighted by Crippen LogP contribution is -2.45. The molecule has 1 aliphatic carbocycles. The Labute approximate surface area is 241 Å². The quantitative estimate of drug-likeness (QED) is 0.235. The molecule has 3 N–H and O–H groups in total. The molecule has 2 aromatic carbocycles. The number of carbonyl (C=O) groups excluding carboxylic acids is 3. The molecule has 4 amide bonds. The third kappa shape index (κ3) is 5.35. The summed E-state index contributed by atoms with van der Waals surface area (Å²) < 4.78 is 5.97. The van der Waals surface area contributed by atoms with Gasteiger partial charge in [0, 0.05) is 25.7 Å². The summed E-state index contributed by atoms with van der Waals surface area (Å²) in [6, 6.07) is 16.6. The fourth-order valence-electron chi connectivity index (χ4n) is 5.76. The van der Waals surface area contributed by atoms with Gasteiger partial charge in [0.15, 0.2) is 0 Å². The highest BCUT2D eigenvalue weighted by Crippen LogP contribution is 2.46. The lowest BCUT2D eigenvalue weighted by atomic mass is 9.84. The molecule has 1 unspecified atom stereocenters. The van der Waals surface area contributed by atoms with Crippen molar-refractivity contribution < 1.29 is 19.1 Å². The van der Waals surface area contributed by atoms with Crippen LogP contribution in [0.2, 0.25) is 0 Å². The molecule has 1 saturated carbocycles. The maximum absolute atomic E-state index is 13.5. The Hall–Kier alpha value is -4.44. The summed E-state index contributed by atoms with van der Waals surface area (Å²) in [5.74, 6) is 1.26. The Kier molecular flexibility index (Phi) is 7.32. The van der Waals surface area contributed by atoms with Gasteiger partial charge in [-0.1, -0.05) is 31.0 Å². The normalized spacial score (nSPS) is 18.1. The number of aromatic nitrogens is 1. The lowest BCUT2D eigenvalue weighted by Gasteiger charge is -2.32. The van der Waals surface area contributed by atoms with Crippen molar-refractivity contribution in [3.05, 3.63) is 71.2 Å². The average Bonchev–Trinajstić information content (AvgIpc) is 3.33. The summed E-state index contributed by atoms with van der Waals surface area (Å²) in [4.78, 5) is 45.8. The molecule has 2 aliphatic rings. The van der Waals surface area contributed by atoms with Gasteiger partial charge in [-0.25, -0.2) is 9.78 Å². The zero-order valence-corrected chi connectivity index (χ0v) is 23.7. The van der Waals surface area contributed by atoms with Crippen LogP contribution in [0.3, 0.4) is 0 Å². The summed E-state index contributed by atoms with van der Waals surface area (Å²) in [5.41, 5.74) is 2.72. The van der Waals surface area contributed by atoms with Crippen molar-refractivity contribution in [3.8, 4) is 11.5 Å². The van der Waals surface area contributed by atoms with Crippen molar-refractivity contribution in [3.63, 3.8) is 0 Å². The highest BCUT2D eigenvalue weighted by Gasteiger charge is 2.34. The van der Waals surface area contributed by atoms with Gasteiger partial charge in [-0.2, -0.15) is 0 Å². The lowest BCUT2D eigenvalue weighted by molar-refractivity contribution is -0.120. The number of thiophene rings is 1. The predicted octanol–water partition coefficient (Wildman–Crippen LogP) is 6.51. The van der Waals surface area contributed by atoms with Crippen LogP contribution in [-0.4, -0.2) is 35.4 Å². The molecule has 1 fully saturated rings. The number of hydrogen-bond donors (Lipinski definition) is 3. The van der Waals surface area contributed by atoms with Gasteiger partial charge < -0.3 is 20.7 Å². The fraction of sp³-hybridized carbons (Fsp3) is 0.290. The van der Waals surface area contributed by atoms with E-state index in [9.17, 15) is 14.4 Å². The van der Waals surface area contributed by atoms with E-state index in [1.807, 2.05) is 55.5 Å². The summed E-state index contributed by atoms with van der Waals surface area (Å²) in [7, 11) is 0. The summed E-state index contributed by atoms with van der Waals surface area (Å²) >= 11 is 1.26. The molecule has 6 rings (SSSR count). The molecule has 9 nitrogen and oxygen atoms in total. The summed E-state index contributed by atoms with van der Waals surface area (Å²) in [5, 5.41) is 9.79. The van der Waals surface area contributed by atoms with Crippen LogP contribution >= 0.6 is 11.3 Å². The SMILES string of the molecule is CC(=O)N[C@@H]1CCCCC1CNC(=O)c1sc2nccc3c2c1NC(=O)N3c1ccc(Oc2ccccc2)cc1C. The molecule has 3 heterocycles. The second-order valence-electron chi connectivity index (χ2n) is 10.5. The molecular weight excluding hydrogens is 538 g/mol. The molecule has 41 heavy (non-hydrogen) atoms. The zero-order valence-electron chi connectivity index (χ0n) is 22.9. The van der Waals surface area contributed by atoms with E-state index in [2.05, 4.69) is 20.9 Å². The molecule has 10 heteroatoms. The third-order valence-corrected chi connectivity index (χ3v) is 8.76. The number of anilines is 3. The number of carbonyl (C=O) groups is 3. The van der Waals surface area contributed by atoms with E-state index in [-0.39, 0.29) is 29.8 Å². The van der Waals surface area contributed by atoms with E-state index >= 15 is 0 Å². The standard InChI is InChI=1S/C31H31N5O4S/c1-18-16-22(40-21-9-4-3-5-10-21)12-13-24(18)36-25-14-15-32-30-26(25)27(35-31(36)39)28(41-30)29(38)33-17-20-8-6-7-11-23(20)34-19(2)37/h3-5,9-10,12-16,20,23H,6-8,11,17H2,1-2H3,(H,33,38)(H,34,37)(H,35,39)/t20?,23-/m1/s1. The van der Waals surface area contributed by atoms with Gasteiger partial charge in [-0.05, 0) is 67.6 Å². The highest BCUT2D eigenvalue weighted by atomic mass is 32.1. The number of nitrogens with zero attached hydrogens (tertiary/aromatic N) is 2. The number of amides is 4. The van der Waals surface area contributed by atoms with E-state index in [1.54, 1.807) is 17.2 Å². The van der Waals surface area contributed by atoms with Gasteiger partial charge in [-0.15, -0.1) is 11.3 Å². The minimum absolute atomic E-state index is 0.0524. The van der Waals surface area contributed by atoms with E-state index in [0.29, 0.717) is 39.1 Å². The van der Waals surface area contributed by atoms with Crippen LogP contribution in [-0.2, 0) is 4.79 Å². The van der Waals surface area contributed by atoms with Gasteiger partial charge in [0.05, 0.1) is 22.4 Å². The molecular formula is C31H31N5O4S. The van der Waals surface area contributed by atoms with Gasteiger partial charge in [0.25, 0.3) is 5.91 Å². The fourth-order valence-corrected chi connectivity index (χ4v) is 6.79. The average molecular weight is 570 g/mol. The number of rotatable bonds is 7. The van der Waals surface area contributed by atoms with Gasteiger partial charge >= 0.3 is 6.03 Å². The molecule has 0 spiro atoms. The van der Waals surface area contributed by atoms with E-state index in [1.165, 1.54) is 18.3 Å². The first-order valence-corrected chi connectivity index (χ1v) is 14.6. The molecule has 0 saturated heterocycles. The molecule has 210 valence electrons. The number of para-hydroxylation sites is 1. The first-order valence-electron chi connectivity index (χ1n) is 13.8. The third-order valence-electron chi connectivity index (χ3n) is 7.66. The van der Waals surface area contributed by atoms with E-state index in [0.717, 1.165) is 42.4 Å². The van der Waals surface area contributed by atoms with Gasteiger partial charge in [0.1, 0.15) is 21.2 Å². The van der Waals surface area contributed by atoms with Gasteiger partial charge in [-0.3, -0.25) is 14.5 Å². The monoisotopic (exact) mass is 569 g/mol. The van der Waals surface area contributed by atoms with Crippen LogP contribution in [0.5, 0.6) is 11.5 Å². The van der Waals surface area contributed by atoms with E-state index < -0.39 is 0 Å². The Balaban J connectivity index is 1.26. The Morgan fingerprint density at radius 1 is 1.07 bits per heavy atom. The van der Waals surface area contributed by atoms with Crippen LogP contribution in [0, 0.1) is 12.8 Å². The minimum atomic E-state index is -0.352. The zero-order chi connectivity index (χ0) is 28.5. The maximum Gasteiger partial charge on any atom is 0.331 e.